The zero-order valence-corrected chi connectivity index (χ0v) is 13.5. The van der Waals surface area contributed by atoms with E-state index in [4.69, 9.17) is 13.9 Å². The number of furan rings is 1. The van der Waals surface area contributed by atoms with Crippen LogP contribution < -0.4 is 4.74 Å². The van der Waals surface area contributed by atoms with Crippen molar-refractivity contribution in [3.8, 4) is 5.75 Å². The second-order valence-electron chi connectivity index (χ2n) is 6.12. The number of carbonyl (C=O) groups is 1. The van der Waals surface area contributed by atoms with Crippen LogP contribution in [0, 0.1) is 5.92 Å². The molecule has 0 radical (unpaired) electrons. The van der Waals surface area contributed by atoms with Crippen LogP contribution in [0.1, 0.15) is 36.3 Å². The molecule has 1 aliphatic heterocycles. The van der Waals surface area contributed by atoms with Crippen LogP contribution >= 0.6 is 0 Å². The van der Waals surface area contributed by atoms with Crippen molar-refractivity contribution < 1.29 is 18.7 Å². The quantitative estimate of drug-likeness (QED) is 0.635. The van der Waals surface area contributed by atoms with Gasteiger partial charge in [-0.1, -0.05) is 6.92 Å². The number of cyclic esters (lactones) is 1. The number of ether oxygens (including phenoxy) is 2. The highest BCUT2D eigenvalue weighted by atomic mass is 16.6. The monoisotopic (exact) mass is 323 g/mol. The van der Waals surface area contributed by atoms with E-state index in [9.17, 15) is 4.79 Å². The van der Waals surface area contributed by atoms with Crippen molar-refractivity contribution in [2.75, 3.05) is 7.11 Å². The Hall–Kier alpha value is -2.82. The zero-order chi connectivity index (χ0) is 16.7. The van der Waals surface area contributed by atoms with Crippen LogP contribution in [0.3, 0.4) is 0 Å². The van der Waals surface area contributed by atoms with Gasteiger partial charge in [-0.05, 0) is 48.7 Å². The Balaban J connectivity index is 1.57. The lowest BCUT2D eigenvalue weighted by molar-refractivity contribution is -0.129. The molecule has 0 saturated heterocycles. The summed E-state index contributed by atoms with van der Waals surface area (Å²) < 4.78 is 16.2. The Morgan fingerprint density at radius 2 is 1.96 bits per heavy atom. The highest BCUT2D eigenvalue weighted by Gasteiger charge is 2.36. The number of methoxy groups -OCH3 is 1. The van der Waals surface area contributed by atoms with Gasteiger partial charge in [-0.3, -0.25) is 0 Å². The number of nitrogens with zero attached hydrogens (tertiary/aromatic N) is 1. The average molecular weight is 323 g/mol. The number of benzene rings is 1. The molecule has 5 heteroatoms. The van der Waals surface area contributed by atoms with Gasteiger partial charge >= 0.3 is 5.97 Å². The highest BCUT2D eigenvalue weighted by molar-refractivity contribution is 6.12. The highest BCUT2D eigenvalue weighted by Crippen LogP contribution is 2.47. The first-order chi connectivity index (χ1) is 11.6. The second-order valence-corrected chi connectivity index (χ2v) is 6.12. The van der Waals surface area contributed by atoms with E-state index < -0.39 is 5.97 Å². The fourth-order valence-electron chi connectivity index (χ4n) is 2.76. The van der Waals surface area contributed by atoms with Gasteiger partial charge in [0.05, 0.1) is 7.11 Å². The lowest BCUT2D eigenvalue weighted by Crippen LogP contribution is -2.05. The summed E-state index contributed by atoms with van der Waals surface area (Å²) in [6.07, 6.45) is 2.78. The van der Waals surface area contributed by atoms with E-state index in [-0.39, 0.29) is 11.6 Å². The van der Waals surface area contributed by atoms with E-state index in [1.54, 1.807) is 37.5 Å². The van der Waals surface area contributed by atoms with Gasteiger partial charge < -0.3 is 13.9 Å². The Morgan fingerprint density at radius 1 is 1.21 bits per heavy atom. The molecule has 1 aromatic heterocycles. The molecular weight excluding hydrogens is 306 g/mol. The van der Waals surface area contributed by atoms with Gasteiger partial charge in [-0.2, -0.15) is 0 Å². The summed E-state index contributed by atoms with van der Waals surface area (Å²) in [5, 5.41) is 0. The third kappa shape index (κ3) is 2.73. The van der Waals surface area contributed by atoms with Gasteiger partial charge in [0.2, 0.25) is 5.90 Å². The molecule has 5 nitrogen and oxygen atoms in total. The molecule has 1 fully saturated rings. The van der Waals surface area contributed by atoms with E-state index in [0.29, 0.717) is 17.6 Å². The van der Waals surface area contributed by atoms with Crippen molar-refractivity contribution in [2.24, 2.45) is 10.9 Å². The van der Waals surface area contributed by atoms with Crippen molar-refractivity contribution in [1.82, 2.24) is 0 Å². The molecule has 0 N–H and O–H groups in total. The van der Waals surface area contributed by atoms with Crippen molar-refractivity contribution in [3.05, 3.63) is 59.2 Å². The smallest absolute Gasteiger partial charge is 0.363 e. The molecule has 4 rings (SSSR count). The summed E-state index contributed by atoms with van der Waals surface area (Å²) in [5.74, 6) is 3.32. The van der Waals surface area contributed by atoms with Crippen molar-refractivity contribution in [3.63, 3.8) is 0 Å². The summed E-state index contributed by atoms with van der Waals surface area (Å²) in [7, 11) is 1.60. The number of aliphatic imine (C=N–C) groups is 1. The lowest BCUT2D eigenvalue weighted by Gasteiger charge is -2.01. The Kier molecular flexibility index (Phi) is 3.49. The van der Waals surface area contributed by atoms with Crippen LogP contribution in [0.5, 0.6) is 5.75 Å². The largest absolute Gasteiger partial charge is 0.497 e. The standard InChI is InChI=1S/C19H17NO4/c1-11-9-15(11)17-8-7-14(23-17)10-16-19(21)24-18(20-16)12-3-5-13(22-2)6-4-12/h3-8,10-11,15H,9H2,1-2H3/b16-10+/t11-,15-/m0/s1. The Bertz CT molecular complexity index is 845. The van der Waals surface area contributed by atoms with Crippen molar-refractivity contribution in [1.29, 1.82) is 0 Å². The van der Waals surface area contributed by atoms with E-state index >= 15 is 0 Å². The van der Waals surface area contributed by atoms with E-state index in [1.165, 1.54) is 0 Å². The molecule has 2 heterocycles. The third-order valence-electron chi connectivity index (χ3n) is 4.36. The van der Waals surface area contributed by atoms with Crippen molar-refractivity contribution >= 4 is 17.9 Å². The van der Waals surface area contributed by atoms with Crippen LogP contribution in [0.2, 0.25) is 0 Å². The van der Waals surface area contributed by atoms with Gasteiger partial charge in [0, 0.05) is 17.6 Å². The van der Waals surface area contributed by atoms with E-state index in [1.807, 2.05) is 12.1 Å². The molecule has 1 aliphatic carbocycles. The van der Waals surface area contributed by atoms with Crippen LogP contribution in [-0.4, -0.2) is 19.0 Å². The fourth-order valence-corrected chi connectivity index (χ4v) is 2.76. The minimum absolute atomic E-state index is 0.241. The molecule has 122 valence electrons. The maximum Gasteiger partial charge on any atom is 0.363 e. The SMILES string of the molecule is COc1ccc(C2=N/C(=C/c3ccc([C@H]4C[C@@H]4C)o3)C(=O)O2)cc1. The number of hydrogen-bond acceptors (Lipinski definition) is 5. The predicted molar refractivity (Wildman–Crippen MR) is 88.8 cm³/mol. The van der Waals surface area contributed by atoms with Gasteiger partial charge in [0.1, 0.15) is 17.3 Å². The minimum atomic E-state index is -0.474. The topological polar surface area (TPSA) is 61.0 Å². The Labute approximate surface area is 139 Å². The maximum absolute atomic E-state index is 12.0. The van der Waals surface area contributed by atoms with Gasteiger partial charge in [-0.15, -0.1) is 0 Å². The van der Waals surface area contributed by atoms with Crippen LogP contribution in [0.15, 0.2) is 51.5 Å². The third-order valence-corrected chi connectivity index (χ3v) is 4.36. The molecule has 0 bridgehead atoms. The summed E-state index contributed by atoms with van der Waals surface area (Å²) in [6.45, 7) is 2.20. The summed E-state index contributed by atoms with van der Waals surface area (Å²) in [6, 6.07) is 11.0. The fraction of sp³-hybridized carbons (Fsp3) is 0.263. The van der Waals surface area contributed by atoms with Gasteiger partial charge in [0.25, 0.3) is 0 Å². The molecule has 24 heavy (non-hydrogen) atoms. The molecule has 0 spiro atoms. The molecule has 0 unspecified atom stereocenters. The molecular formula is C19H17NO4. The first-order valence-corrected chi connectivity index (χ1v) is 7.91. The number of carbonyl (C=O) groups excluding carboxylic acids is 1. The lowest BCUT2D eigenvalue weighted by atomic mass is 10.2. The normalized spacial score (nSPS) is 24.0. The van der Waals surface area contributed by atoms with E-state index in [0.717, 1.165) is 23.5 Å². The van der Waals surface area contributed by atoms with Gasteiger partial charge in [0.15, 0.2) is 5.70 Å². The first kappa shape index (κ1) is 14.8. The summed E-state index contributed by atoms with van der Waals surface area (Å²) >= 11 is 0. The number of rotatable bonds is 4. The second kappa shape index (κ2) is 5.67. The summed E-state index contributed by atoms with van der Waals surface area (Å²) in [5.41, 5.74) is 0.963. The first-order valence-electron chi connectivity index (χ1n) is 7.91. The molecule has 2 aromatic rings. The van der Waals surface area contributed by atoms with Gasteiger partial charge in [-0.25, -0.2) is 9.79 Å². The minimum Gasteiger partial charge on any atom is -0.497 e. The summed E-state index contributed by atoms with van der Waals surface area (Å²) in [4.78, 5) is 16.3. The average Bonchev–Trinajstić information content (AvgIpc) is 2.98. The van der Waals surface area contributed by atoms with E-state index in [2.05, 4.69) is 11.9 Å². The Morgan fingerprint density at radius 3 is 2.62 bits per heavy atom. The molecule has 0 amide bonds. The predicted octanol–water partition coefficient (Wildman–Crippen LogP) is 3.76. The maximum atomic E-state index is 12.0. The molecule has 2 atom stereocenters. The number of hydrogen-bond donors (Lipinski definition) is 0. The number of esters is 1. The molecule has 1 saturated carbocycles. The van der Waals surface area contributed by atoms with Crippen LogP contribution in [-0.2, 0) is 9.53 Å². The zero-order valence-electron chi connectivity index (χ0n) is 13.5. The van der Waals surface area contributed by atoms with Crippen LogP contribution in [0.25, 0.3) is 6.08 Å². The molecule has 2 aliphatic rings. The molecule has 1 aromatic carbocycles. The van der Waals surface area contributed by atoms with Crippen LogP contribution in [0.4, 0.5) is 0 Å². The van der Waals surface area contributed by atoms with Crippen molar-refractivity contribution in [2.45, 2.75) is 19.3 Å².